The van der Waals surface area contributed by atoms with E-state index in [0.29, 0.717) is 13.0 Å². The van der Waals surface area contributed by atoms with Gasteiger partial charge in [-0.05, 0) is 59.7 Å². The summed E-state index contributed by atoms with van der Waals surface area (Å²) in [6.45, 7) is 8.99. The highest BCUT2D eigenvalue weighted by Crippen LogP contribution is 2.15. The van der Waals surface area contributed by atoms with Crippen LogP contribution in [0.5, 0.6) is 0 Å². The molecule has 132 valence electrons. The van der Waals surface area contributed by atoms with Gasteiger partial charge in [0.15, 0.2) is 0 Å². The summed E-state index contributed by atoms with van der Waals surface area (Å²) in [7, 11) is -1.93. The second-order valence-electron chi connectivity index (χ2n) is 5.70. The van der Waals surface area contributed by atoms with Crippen LogP contribution in [0.1, 0.15) is 46.5 Å². The summed E-state index contributed by atoms with van der Waals surface area (Å²) >= 11 is 0. The van der Waals surface area contributed by atoms with Crippen LogP contribution < -0.4 is 0 Å². The molecule has 0 spiro atoms. The van der Waals surface area contributed by atoms with Gasteiger partial charge < -0.3 is 9.80 Å². The van der Waals surface area contributed by atoms with Gasteiger partial charge in [-0.2, -0.15) is 8.42 Å². The predicted molar refractivity (Wildman–Crippen MR) is 89.5 cm³/mol. The van der Waals surface area contributed by atoms with Crippen LogP contribution in [0.15, 0.2) is 0 Å². The Hall–Kier alpha value is -0.660. The lowest BCUT2D eigenvalue weighted by atomic mass is 9.98. The maximum Gasteiger partial charge on any atom is 0.264 e. The van der Waals surface area contributed by atoms with Crippen LogP contribution in [0, 0.1) is 5.92 Å². The second kappa shape index (κ2) is 11.0. The molecule has 0 saturated heterocycles. The van der Waals surface area contributed by atoms with Crippen molar-refractivity contribution in [1.82, 2.24) is 9.80 Å². The molecule has 0 aromatic rings. The van der Waals surface area contributed by atoms with Gasteiger partial charge in [-0.15, -0.1) is 0 Å². The highest BCUT2D eigenvalue weighted by Gasteiger charge is 2.20. The summed E-state index contributed by atoms with van der Waals surface area (Å²) in [5, 5.41) is 0. The molecule has 0 aliphatic carbocycles. The largest absolute Gasteiger partial charge is 0.343 e. The van der Waals surface area contributed by atoms with Crippen LogP contribution in [0.25, 0.3) is 0 Å². The number of amides is 1. The number of hydrogen-bond donors (Lipinski definition) is 1. The summed E-state index contributed by atoms with van der Waals surface area (Å²) < 4.78 is 30.0. The number of rotatable bonds is 12. The Morgan fingerprint density at radius 1 is 1.09 bits per heavy atom. The average Bonchev–Trinajstić information content (AvgIpc) is 2.43. The van der Waals surface area contributed by atoms with Crippen LogP contribution in [0.4, 0.5) is 0 Å². The quantitative estimate of drug-likeness (QED) is 0.551. The molecule has 0 fully saturated rings. The molecule has 1 atom stereocenters. The molecule has 0 aromatic carbocycles. The molecular formula is C15H32N2O4S. The smallest absolute Gasteiger partial charge is 0.264 e. The van der Waals surface area contributed by atoms with Crippen LogP contribution in [-0.4, -0.2) is 67.7 Å². The van der Waals surface area contributed by atoms with E-state index in [9.17, 15) is 13.2 Å². The van der Waals surface area contributed by atoms with Crippen molar-refractivity contribution in [1.29, 1.82) is 0 Å². The zero-order valence-corrected chi connectivity index (χ0v) is 15.2. The molecule has 0 aliphatic rings. The van der Waals surface area contributed by atoms with Gasteiger partial charge in [0.25, 0.3) is 10.1 Å². The molecule has 0 radical (unpaired) electrons. The molecule has 1 unspecified atom stereocenters. The van der Waals surface area contributed by atoms with E-state index in [1.165, 1.54) is 0 Å². The van der Waals surface area contributed by atoms with Gasteiger partial charge in [0, 0.05) is 19.0 Å². The molecule has 0 aliphatic heterocycles. The van der Waals surface area contributed by atoms with Crippen molar-refractivity contribution in [2.45, 2.75) is 46.5 Å². The first-order chi connectivity index (χ1) is 10.2. The SMILES string of the molecule is CCC(CCCN(C)CCCS(=O)(=O)O)C(=O)N(CC)CC. The number of carbonyl (C=O) groups is 1. The van der Waals surface area contributed by atoms with Crippen LogP contribution in [0.3, 0.4) is 0 Å². The van der Waals surface area contributed by atoms with Crippen LogP contribution >= 0.6 is 0 Å². The average molecular weight is 336 g/mol. The molecule has 6 nitrogen and oxygen atoms in total. The first-order valence-electron chi connectivity index (χ1n) is 8.17. The first-order valence-corrected chi connectivity index (χ1v) is 9.78. The minimum Gasteiger partial charge on any atom is -0.343 e. The van der Waals surface area contributed by atoms with Gasteiger partial charge in [0.1, 0.15) is 0 Å². The summed E-state index contributed by atoms with van der Waals surface area (Å²) in [5.74, 6) is 0.114. The number of hydrogen-bond acceptors (Lipinski definition) is 4. The van der Waals surface area contributed by atoms with Gasteiger partial charge in [-0.25, -0.2) is 0 Å². The van der Waals surface area contributed by atoms with E-state index in [2.05, 4.69) is 0 Å². The van der Waals surface area contributed by atoms with Crippen molar-refractivity contribution >= 4 is 16.0 Å². The van der Waals surface area contributed by atoms with Crippen molar-refractivity contribution in [3.05, 3.63) is 0 Å². The first kappa shape index (κ1) is 21.3. The van der Waals surface area contributed by atoms with E-state index < -0.39 is 10.1 Å². The fraction of sp³-hybridized carbons (Fsp3) is 0.933. The van der Waals surface area contributed by atoms with Gasteiger partial charge in [0.2, 0.25) is 5.91 Å². The van der Waals surface area contributed by atoms with Crippen molar-refractivity contribution in [3.8, 4) is 0 Å². The Bertz CT molecular complexity index is 408. The third-order valence-corrected chi connectivity index (χ3v) is 4.76. The van der Waals surface area contributed by atoms with Gasteiger partial charge >= 0.3 is 0 Å². The molecule has 0 heterocycles. The highest BCUT2D eigenvalue weighted by molar-refractivity contribution is 7.85. The van der Waals surface area contributed by atoms with Crippen LogP contribution in [0.2, 0.25) is 0 Å². The Kier molecular flexibility index (Phi) is 10.6. The molecule has 0 saturated carbocycles. The van der Waals surface area contributed by atoms with Gasteiger partial charge in [-0.3, -0.25) is 9.35 Å². The Labute approximate surface area is 135 Å². The predicted octanol–water partition coefficient (Wildman–Crippen LogP) is 1.87. The zero-order valence-electron chi connectivity index (χ0n) is 14.4. The van der Waals surface area contributed by atoms with E-state index in [4.69, 9.17) is 4.55 Å². The van der Waals surface area contributed by atoms with Crippen molar-refractivity contribution in [2.24, 2.45) is 5.92 Å². The van der Waals surface area contributed by atoms with E-state index in [1.54, 1.807) is 0 Å². The molecule has 1 amide bonds. The highest BCUT2D eigenvalue weighted by atomic mass is 32.2. The molecule has 7 heteroatoms. The fourth-order valence-corrected chi connectivity index (χ4v) is 3.03. The third kappa shape index (κ3) is 9.38. The zero-order chi connectivity index (χ0) is 17.2. The van der Waals surface area contributed by atoms with E-state index >= 15 is 0 Å². The van der Waals surface area contributed by atoms with Crippen molar-refractivity contribution in [3.63, 3.8) is 0 Å². The standard InChI is InChI=1S/C15H32N2O4S/c1-5-14(15(18)17(6-2)7-3)10-8-11-16(4)12-9-13-22(19,20)21/h14H,5-13H2,1-4H3,(H,19,20,21). The molecular weight excluding hydrogens is 304 g/mol. The minimum atomic E-state index is -3.86. The summed E-state index contributed by atoms with van der Waals surface area (Å²) in [4.78, 5) is 16.2. The minimum absolute atomic E-state index is 0.0751. The van der Waals surface area contributed by atoms with Gasteiger partial charge in [0.05, 0.1) is 5.75 Å². The van der Waals surface area contributed by atoms with Crippen molar-refractivity contribution < 1.29 is 17.8 Å². The molecule has 0 rings (SSSR count). The monoisotopic (exact) mass is 336 g/mol. The maximum atomic E-state index is 12.3. The lowest BCUT2D eigenvalue weighted by Gasteiger charge is -2.25. The lowest BCUT2D eigenvalue weighted by molar-refractivity contribution is -0.135. The van der Waals surface area contributed by atoms with E-state index in [-0.39, 0.29) is 17.6 Å². The Balaban J connectivity index is 4.07. The summed E-state index contributed by atoms with van der Waals surface area (Å²) in [5.41, 5.74) is 0. The number of carbonyl (C=O) groups excluding carboxylic acids is 1. The molecule has 0 bridgehead atoms. The van der Waals surface area contributed by atoms with Crippen LogP contribution in [-0.2, 0) is 14.9 Å². The normalized spacial score (nSPS) is 13.4. The molecule has 22 heavy (non-hydrogen) atoms. The third-order valence-electron chi connectivity index (χ3n) is 3.95. The Morgan fingerprint density at radius 2 is 1.64 bits per heavy atom. The topological polar surface area (TPSA) is 77.9 Å². The molecule has 1 N–H and O–H groups in total. The summed E-state index contributed by atoms with van der Waals surface area (Å²) in [6.07, 6.45) is 3.04. The Morgan fingerprint density at radius 3 is 2.09 bits per heavy atom. The van der Waals surface area contributed by atoms with E-state index in [0.717, 1.165) is 38.9 Å². The van der Waals surface area contributed by atoms with Crippen molar-refractivity contribution in [2.75, 3.05) is 39.0 Å². The lowest BCUT2D eigenvalue weighted by Crippen LogP contribution is -2.36. The number of nitrogens with zero attached hydrogens (tertiary/aromatic N) is 2. The van der Waals surface area contributed by atoms with E-state index in [1.807, 2.05) is 37.6 Å². The fourth-order valence-electron chi connectivity index (χ4n) is 2.53. The maximum absolute atomic E-state index is 12.3. The molecule has 0 aromatic heterocycles. The second-order valence-corrected chi connectivity index (χ2v) is 7.27. The van der Waals surface area contributed by atoms with Gasteiger partial charge in [-0.1, -0.05) is 6.92 Å². The summed E-state index contributed by atoms with van der Waals surface area (Å²) in [6, 6.07) is 0.